The van der Waals surface area contributed by atoms with Gasteiger partial charge in [-0.2, -0.15) is 0 Å². The Balaban J connectivity index is 2.18. The second-order valence-electron chi connectivity index (χ2n) is 4.52. The first-order valence-corrected chi connectivity index (χ1v) is 6.23. The van der Waals surface area contributed by atoms with Crippen molar-refractivity contribution < 1.29 is 4.74 Å². The summed E-state index contributed by atoms with van der Waals surface area (Å²) in [5.41, 5.74) is 0. The zero-order valence-corrected chi connectivity index (χ0v) is 10.8. The lowest BCUT2D eigenvalue weighted by Gasteiger charge is -2.35. The monoisotopic (exact) mass is 234 g/mol. The highest BCUT2D eigenvalue weighted by atomic mass is 35.5. The molecular formula is C11H23ClN2O. The number of alkyl halides is 1. The zero-order valence-electron chi connectivity index (χ0n) is 10.0. The summed E-state index contributed by atoms with van der Waals surface area (Å²) in [7, 11) is 0. The Morgan fingerprint density at radius 2 is 2.20 bits per heavy atom. The molecule has 0 aromatic heterocycles. The first kappa shape index (κ1) is 13.2. The average Bonchev–Trinajstić information content (AvgIpc) is 2.17. The van der Waals surface area contributed by atoms with Crippen LogP contribution in [0.2, 0.25) is 0 Å². The third-order valence-electron chi connectivity index (χ3n) is 2.70. The predicted molar refractivity (Wildman–Crippen MR) is 64.6 cm³/mol. The van der Waals surface area contributed by atoms with Crippen LogP contribution in [-0.4, -0.2) is 55.2 Å². The fourth-order valence-electron chi connectivity index (χ4n) is 1.78. The van der Waals surface area contributed by atoms with Crippen LogP contribution < -0.4 is 5.32 Å². The summed E-state index contributed by atoms with van der Waals surface area (Å²) in [4.78, 5) is 2.46. The van der Waals surface area contributed by atoms with Crippen LogP contribution in [-0.2, 0) is 4.74 Å². The van der Waals surface area contributed by atoms with Crippen molar-refractivity contribution in [3.05, 3.63) is 0 Å². The number of hydrogen-bond acceptors (Lipinski definition) is 3. The second kappa shape index (κ2) is 6.69. The van der Waals surface area contributed by atoms with E-state index in [-0.39, 0.29) is 5.38 Å². The third-order valence-corrected chi connectivity index (χ3v) is 2.85. The van der Waals surface area contributed by atoms with Crippen LogP contribution >= 0.6 is 11.6 Å². The van der Waals surface area contributed by atoms with Crippen LogP contribution in [0.25, 0.3) is 0 Å². The van der Waals surface area contributed by atoms with Crippen LogP contribution in [0.3, 0.4) is 0 Å². The van der Waals surface area contributed by atoms with E-state index in [9.17, 15) is 0 Å². The van der Waals surface area contributed by atoms with Gasteiger partial charge >= 0.3 is 0 Å². The topological polar surface area (TPSA) is 24.5 Å². The van der Waals surface area contributed by atoms with Crippen molar-refractivity contribution in [3.63, 3.8) is 0 Å². The van der Waals surface area contributed by atoms with E-state index in [0.29, 0.717) is 12.1 Å². The van der Waals surface area contributed by atoms with Crippen molar-refractivity contribution in [1.29, 1.82) is 0 Å². The summed E-state index contributed by atoms with van der Waals surface area (Å²) in [6.07, 6.45) is 0.316. The molecule has 0 spiro atoms. The van der Waals surface area contributed by atoms with Gasteiger partial charge in [-0.25, -0.2) is 0 Å². The van der Waals surface area contributed by atoms with Gasteiger partial charge in [0.1, 0.15) is 0 Å². The minimum atomic E-state index is 0.190. The second-order valence-corrected chi connectivity index (χ2v) is 5.27. The molecule has 0 radical (unpaired) electrons. The van der Waals surface area contributed by atoms with Crippen molar-refractivity contribution in [3.8, 4) is 0 Å². The molecule has 4 heteroatoms. The number of hydrogen-bond donors (Lipinski definition) is 1. The molecule has 90 valence electrons. The van der Waals surface area contributed by atoms with Gasteiger partial charge in [-0.1, -0.05) is 0 Å². The Labute approximate surface area is 98.1 Å². The van der Waals surface area contributed by atoms with Crippen LogP contribution in [0.4, 0.5) is 0 Å². The maximum absolute atomic E-state index is 5.86. The van der Waals surface area contributed by atoms with E-state index in [1.165, 1.54) is 0 Å². The molecule has 0 bridgehead atoms. The molecule has 1 N–H and O–H groups in total. The van der Waals surface area contributed by atoms with E-state index in [4.69, 9.17) is 16.3 Å². The van der Waals surface area contributed by atoms with Crippen LogP contribution in [0, 0.1) is 0 Å². The fourth-order valence-corrected chi connectivity index (χ4v) is 1.89. The minimum absolute atomic E-state index is 0.190. The highest BCUT2D eigenvalue weighted by molar-refractivity contribution is 6.20. The van der Waals surface area contributed by atoms with E-state index in [1.807, 2.05) is 6.92 Å². The zero-order chi connectivity index (χ0) is 11.3. The Morgan fingerprint density at radius 3 is 2.80 bits per heavy atom. The van der Waals surface area contributed by atoms with Crippen molar-refractivity contribution in [2.75, 3.05) is 32.8 Å². The minimum Gasteiger partial charge on any atom is -0.374 e. The van der Waals surface area contributed by atoms with Gasteiger partial charge in [-0.05, 0) is 20.8 Å². The Hall–Kier alpha value is 0.170. The van der Waals surface area contributed by atoms with Crippen LogP contribution in [0.15, 0.2) is 0 Å². The lowest BCUT2D eigenvalue weighted by atomic mass is 10.2. The molecule has 3 nitrogen and oxygen atoms in total. The van der Waals surface area contributed by atoms with Gasteiger partial charge in [0.25, 0.3) is 0 Å². The van der Waals surface area contributed by atoms with Gasteiger partial charge in [-0.3, -0.25) is 4.90 Å². The number of halogens is 1. The van der Waals surface area contributed by atoms with E-state index < -0.39 is 0 Å². The molecular weight excluding hydrogens is 212 g/mol. The van der Waals surface area contributed by atoms with E-state index in [2.05, 4.69) is 24.1 Å². The largest absolute Gasteiger partial charge is 0.374 e. The molecule has 0 aromatic rings. The average molecular weight is 235 g/mol. The molecule has 1 fully saturated rings. The summed E-state index contributed by atoms with van der Waals surface area (Å²) >= 11 is 5.86. The third kappa shape index (κ3) is 5.16. The summed E-state index contributed by atoms with van der Waals surface area (Å²) in [6, 6.07) is 0.614. The Kier molecular flexibility index (Phi) is 5.90. The number of morpholine rings is 1. The highest BCUT2D eigenvalue weighted by Gasteiger charge is 2.21. The Morgan fingerprint density at radius 1 is 1.47 bits per heavy atom. The van der Waals surface area contributed by atoms with Gasteiger partial charge in [-0.15, -0.1) is 11.6 Å². The smallest absolute Gasteiger partial charge is 0.0826 e. The molecule has 15 heavy (non-hydrogen) atoms. The highest BCUT2D eigenvalue weighted by Crippen LogP contribution is 2.08. The molecule has 1 rings (SSSR count). The van der Waals surface area contributed by atoms with Gasteiger partial charge in [0.05, 0.1) is 12.7 Å². The molecule has 1 aliphatic rings. The fraction of sp³-hybridized carbons (Fsp3) is 1.00. The number of nitrogens with one attached hydrogen (secondary N) is 1. The quantitative estimate of drug-likeness (QED) is 0.727. The summed E-state index contributed by atoms with van der Waals surface area (Å²) in [5, 5.41) is 3.52. The van der Waals surface area contributed by atoms with Gasteiger partial charge in [0.2, 0.25) is 0 Å². The lowest BCUT2D eigenvalue weighted by molar-refractivity contribution is -0.0370. The lowest BCUT2D eigenvalue weighted by Crippen LogP contribution is -2.49. The van der Waals surface area contributed by atoms with Crippen molar-refractivity contribution in [1.82, 2.24) is 10.2 Å². The van der Waals surface area contributed by atoms with Crippen molar-refractivity contribution in [2.24, 2.45) is 0 Å². The normalized spacial score (nSPS) is 25.8. The summed E-state index contributed by atoms with van der Waals surface area (Å²) in [6.45, 7) is 11.1. The molecule has 0 saturated carbocycles. The maximum Gasteiger partial charge on any atom is 0.0826 e. The number of ether oxygens (including phenoxy) is 1. The van der Waals surface area contributed by atoms with Crippen LogP contribution in [0.5, 0.6) is 0 Å². The predicted octanol–water partition coefficient (Wildman–Crippen LogP) is 1.31. The van der Waals surface area contributed by atoms with E-state index in [0.717, 1.165) is 32.8 Å². The van der Waals surface area contributed by atoms with Gasteiger partial charge < -0.3 is 10.1 Å². The summed E-state index contributed by atoms with van der Waals surface area (Å²) in [5.74, 6) is 0. The molecule has 0 aromatic carbocycles. The van der Waals surface area contributed by atoms with Gasteiger partial charge in [0, 0.05) is 37.6 Å². The summed E-state index contributed by atoms with van der Waals surface area (Å²) < 4.78 is 5.69. The van der Waals surface area contributed by atoms with Crippen LogP contribution in [0.1, 0.15) is 20.8 Å². The van der Waals surface area contributed by atoms with Crippen molar-refractivity contribution >= 4 is 11.6 Å². The van der Waals surface area contributed by atoms with Gasteiger partial charge in [0.15, 0.2) is 0 Å². The maximum atomic E-state index is 5.86. The molecule has 1 saturated heterocycles. The molecule has 1 aliphatic heterocycles. The standard InChI is InChI=1S/C11H23ClN2O/c1-9(2)14-4-5-15-11(8-14)7-13-6-10(3)12/h9-11,13H,4-8H2,1-3H3. The molecule has 2 atom stereocenters. The Bertz CT molecular complexity index is 176. The van der Waals surface area contributed by atoms with Crippen molar-refractivity contribution in [2.45, 2.75) is 38.3 Å². The molecule has 2 unspecified atom stereocenters. The van der Waals surface area contributed by atoms with E-state index >= 15 is 0 Å². The molecule has 0 aliphatic carbocycles. The number of rotatable bonds is 5. The first-order valence-electron chi connectivity index (χ1n) is 5.80. The molecule has 1 heterocycles. The van der Waals surface area contributed by atoms with E-state index in [1.54, 1.807) is 0 Å². The SMILES string of the molecule is CC(Cl)CNCC1CN(C(C)C)CCO1. The molecule has 0 amide bonds. The number of nitrogens with zero attached hydrogens (tertiary/aromatic N) is 1. The first-order chi connectivity index (χ1) is 7.09.